The van der Waals surface area contributed by atoms with Gasteiger partial charge in [-0.2, -0.15) is 8.42 Å². The zero-order valence-corrected chi connectivity index (χ0v) is 17.1. The standard InChI is InChI=1S/C16H15ClN2O4S3/c1-4-7-19-10-8-11(22-2)12(23-3)9-13(10)24-16(19)18-26(20,21)15-6-5-14(17)25-15/h4-6,8-9H,1,7H2,2-3H3. The maximum Gasteiger partial charge on any atom is 0.294 e. The summed E-state index contributed by atoms with van der Waals surface area (Å²) in [7, 11) is -0.768. The Hall–Kier alpha value is -1.81. The van der Waals surface area contributed by atoms with Gasteiger partial charge in [0.05, 0.1) is 28.8 Å². The third-order valence-corrected chi connectivity index (χ3v) is 7.62. The first-order valence-corrected chi connectivity index (χ1v) is 10.8. The van der Waals surface area contributed by atoms with E-state index in [4.69, 9.17) is 21.1 Å². The first-order chi connectivity index (χ1) is 12.4. The van der Waals surface area contributed by atoms with E-state index >= 15 is 0 Å². The van der Waals surface area contributed by atoms with Crippen molar-refractivity contribution < 1.29 is 17.9 Å². The molecule has 0 aliphatic heterocycles. The lowest BCUT2D eigenvalue weighted by Gasteiger charge is -2.08. The van der Waals surface area contributed by atoms with Gasteiger partial charge in [-0.25, -0.2) is 0 Å². The van der Waals surface area contributed by atoms with Crippen LogP contribution in [0.5, 0.6) is 11.5 Å². The van der Waals surface area contributed by atoms with E-state index in [0.29, 0.717) is 27.2 Å². The van der Waals surface area contributed by atoms with E-state index in [1.807, 2.05) is 0 Å². The number of rotatable bonds is 6. The number of sulfonamides is 1. The van der Waals surface area contributed by atoms with Crippen LogP contribution in [0.1, 0.15) is 0 Å². The summed E-state index contributed by atoms with van der Waals surface area (Å²) in [5, 5.41) is 0. The molecule has 0 spiro atoms. The highest BCUT2D eigenvalue weighted by Crippen LogP contribution is 2.33. The number of hydrogen-bond acceptors (Lipinski definition) is 6. The maximum atomic E-state index is 12.6. The summed E-state index contributed by atoms with van der Waals surface area (Å²) >= 11 is 8.07. The van der Waals surface area contributed by atoms with E-state index in [1.54, 1.807) is 37.0 Å². The maximum absolute atomic E-state index is 12.6. The fraction of sp³-hybridized carbons (Fsp3) is 0.188. The SMILES string of the molecule is C=CCn1c(=NS(=O)(=O)c2ccc(Cl)s2)sc2cc(OC)c(OC)cc21. The minimum atomic E-state index is -3.86. The van der Waals surface area contributed by atoms with Crippen LogP contribution in [0.15, 0.2) is 45.5 Å². The number of ether oxygens (including phenoxy) is 2. The first kappa shape index (κ1) is 19.0. The predicted octanol–water partition coefficient (Wildman–Crippen LogP) is 3.91. The van der Waals surface area contributed by atoms with Crippen molar-refractivity contribution in [3.05, 3.63) is 46.1 Å². The van der Waals surface area contributed by atoms with Crippen LogP contribution < -0.4 is 14.3 Å². The number of nitrogens with zero attached hydrogens (tertiary/aromatic N) is 2. The second kappa shape index (κ2) is 7.43. The van der Waals surface area contributed by atoms with Crippen LogP contribution in [0, 0.1) is 0 Å². The van der Waals surface area contributed by atoms with Crippen molar-refractivity contribution in [3.63, 3.8) is 0 Å². The average Bonchev–Trinajstić information content (AvgIpc) is 3.18. The third kappa shape index (κ3) is 3.52. The molecule has 138 valence electrons. The van der Waals surface area contributed by atoms with Gasteiger partial charge in [-0.1, -0.05) is 29.0 Å². The second-order valence-corrected chi connectivity index (χ2v) is 9.64. The number of thiazole rings is 1. The number of hydrogen-bond donors (Lipinski definition) is 0. The Morgan fingerprint density at radius 3 is 2.50 bits per heavy atom. The van der Waals surface area contributed by atoms with E-state index < -0.39 is 10.0 Å². The van der Waals surface area contributed by atoms with Crippen molar-refractivity contribution in [1.29, 1.82) is 0 Å². The van der Waals surface area contributed by atoms with Crippen LogP contribution in [-0.2, 0) is 16.6 Å². The van der Waals surface area contributed by atoms with Gasteiger partial charge in [0.2, 0.25) is 4.80 Å². The molecule has 0 amide bonds. The summed E-state index contributed by atoms with van der Waals surface area (Å²) in [6.07, 6.45) is 1.68. The molecule has 0 saturated heterocycles. The molecule has 0 aliphatic carbocycles. The van der Waals surface area contributed by atoms with Gasteiger partial charge < -0.3 is 14.0 Å². The van der Waals surface area contributed by atoms with Gasteiger partial charge in [0.1, 0.15) is 4.21 Å². The Labute approximate surface area is 163 Å². The molecular weight excluding hydrogens is 416 g/mol. The van der Waals surface area contributed by atoms with Gasteiger partial charge in [-0.3, -0.25) is 0 Å². The Balaban J connectivity index is 2.28. The molecule has 0 saturated carbocycles. The summed E-state index contributed by atoms with van der Waals surface area (Å²) < 4.78 is 42.9. The summed E-state index contributed by atoms with van der Waals surface area (Å²) in [5.41, 5.74) is 0.783. The van der Waals surface area contributed by atoms with E-state index in [0.717, 1.165) is 21.6 Å². The minimum Gasteiger partial charge on any atom is -0.493 e. The highest BCUT2D eigenvalue weighted by Gasteiger charge is 2.18. The number of allylic oxidation sites excluding steroid dienone is 1. The molecule has 2 heterocycles. The van der Waals surface area contributed by atoms with Gasteiger partial charge >= 0.3 is 0 Å². The number of benzene rings is 1. The number of halogens is 1. The molecule has 10 heteroatoms. The van der Waals surface area contributed by atoms with Gasteiger partial charge in [0.15, 0.2) is 11.5 Å². The molecule has 26 heavy (non-hydrogen) atoms. The lowest BCUT2D eigenvalue weighted by atomic mass is 10.3. The van der Waals surface area contributed by atoms with E-state index in [1.165, 1.54) is 23.5 Å². The molecule has 2 aromatic heterocycles. The largest absolute Gasteiger partial charge is 0.493 e. The summed E-state index contributed by atoms with van der Waals surface area (Å²) in [4.78, 5) is 0.333. The highest BCUT2D eigenvalue weighted by molar-refractivity contribution is 7.92. The molecule has 0 radical (unpaired) electrons. The number of fused-ring (bicyclic) bond motifs is 1. The van der Waals surface area contributed by atoms with Gasteiger partial charge in [0, 0.05) is 18.7 Å². The number of thiophene rings is 1. The summed E-state index contributed by atoms with van der Waals surface area (Å²) in [6, 6.07) is 6.57. The third-order valence-electron chi connectivity index (χ3n) is 3.50. The zero-order valence-electron chi connectivity index (χ0n) is 13.9. The van der Waals surface area contributed by atoms with E-state index in [-0.39, 0.29) is 4.21 Å². The smallest absolute Gasteiger partial charge is 0.294 e. The Kier molecular flexibility index (Phi) is 5.42. The molecular formula is C16H15ClN2O4S3. The summed E-state index contributed by atoms with van der Waals surface area (Å²) in [6.45, 7) is 4.14. The molecule has 0 bridgehead atoms. The van der Waals surface area contributed by atoms with Gasteiger partial charge in [-0.15, -0.1) is 22.3 Å². The van der Waals surface area contributed by atoms with Crippen LogP contribution in [0.4, 0.5) is 0 Å². The van der Waals surface area contributed by atoms with E-state index in [2.05, 4.69) is 11.0 Å². The molecule has 0 unspecified atom stereocenters. The Morgan fingerprint density at radius 1 is 1.23 bits per heavy atom. The van der Waals surface area contributed by atoms with Crippen LogP contribution in [-0.4, -0.2) is 27.2 Å². The Morgan fingerprint density at radius 2 is 1.92 bits per heavy atom. The molecule has 6 nitrogen and oxygen atoms in total. The van der Waals surface area contributed by atoms with Crippen LogP contribution >= 0.6 is 34.3 Å². The van der Waals surface area contributed by atoms with Gasteiger partial charge in [-0.05, 0) is 12.1 Å². The zero-order chi connectivity index (χ0) is 18.9. The van der Waals surface area contributed by atoms with Crippen LogP contribution in [0.3, 0.4) is 0 Å². The fourth-order valence-corrected chi connectivity index (χ4v) is 6.07. The molecule has 1 aromatic carbocycles. The molecule has 0 fully saturated rings. The molecule has 3 aromatic rings. The lowest BCUT2D eigenvalue weighted by Crippen LogP contribution is -2.16. The average molecular weight is 431 g/mol. The van der Waals surface area contributed by atoms with Crippen LogP contribution in [0.2, 0.25) is 4.34 Å². The topological polar surface area (TPSA) is 69.9 Å². The van der Waals surface area contributed by atoms with Crippen molar-refractivity contribution in [2.45, 2.75) is 10.8 Å². The predicted molar refractivity (Wildman–Crippen MR) is 105 cm³/mol. The van der Waals surface area contributed by atoms with Crippen molar-refractivity contribution in [1.82, 2.24) is 4.57 Å². The highest BCUT2D eigenvalue weighted by atomic mass is 35.5. The lowest BCUT2D eigenvalue weighted by molar-refractivity contribution is 0.355. The van der Waals surface area contributed by atoms with Crippen molar-refractivity contribution >= 4 is 54.5 Å². The molecule has 0 aliphatic rings. The number of aromatic nitrogens is 1. The minimum absolute atomic E-state index is 0.0975. The second-order valence-electron chi connectivity index (χ2n) is 5.08. The van der Waals surface area contributed by atoms with Crippen molar-refractivity contribution in [2.75, 3.05) is 14.2 Å². The monoisotopic (exact) mass is 430 g/mol. The number of methoxy groups -OCH3 is 2. The van der Waals surface area contributed by atoms with Gasteiger partial charge in [0.25, 0.3) is 10.0 Å². The fourth-order valence-electron chi connectivity index (χ4n) is 2.36. The molecule has 0 N–H and O–H groups in total. The Bertz CT molecular complexity index is 1140. The van der Waals surface area contributed by atoms with E-state index in [9.17, 15) is 8.42 Å². The normalized spacial score (nSPS) is 12.5. The van der Waals surface area contributed by atoms with Crippen molar-refractivity contribution in [2.24, 2.45) is 4.40 Å². The van der Waals surface area contributed by atoms with Crippen molar-refractivity contribution in [3.8, 4) is 11.5 Å². The first-order valence-electron chi connectivity index (χ1n) is 7.32. The molecule has 0 atom stereocenters. The van der Waals surface area contributed by atoms with Crippen LogP contribution in [0.25, 0.3) is 10.2 Å². The quantitative estimate of drug-likeness (QED) is 0.556. The summed E-state index contributed by atoms with van der Waals surface area (Å²) in [5.74, 6) is 1.11. The molecule has 3 rings (SSSR count).